The zero-order chi connectivity index (χ0) is 17.8. The lowest BCUT2D eigenvalue weighted by Crippen LogP contribution is -2.39. The first-order valence-corrected chi connectivity index (χ1v) is 7.35. The van der Waals surface area contributed by atoms with Crippen LogP contribution >= 0.6 is 0 Å². The maximum absolute atomic E-state index is 13.1. The molecule has 1 heterocycles. The second kappa shape index (κ2) is 7.63. The van der Waals surface area contributed by atoms with E-state index in [4.69, 9.17) is 0 Å². The summed E-state index contributed by atoms with van der Waals surface area (Å²) < 4.78 is 39.2. The first-order valence-electron chi connectivity index (χ1n) is 7.35. The highest BCUT2D eigenvalue weighted by atomic mass is 19.4. The molecule has 0 aliphatic carbocycles. The van der Waals surface area contributed by atoms with Crippen LogP contribution in [0.15, 0.2) is 6.20 Å². The lowest BCUT2D eigenvalue weighted by molar-refractivity contribution is -0.138. The van der Waals surface area contributed by atoms with Gasteiger partial charge in [0.2, 0.25) is 0 Å². The standard InChI is InChI=1S/C15H22F3N3O2/c1-5-6-21(9(2)8-22)13-12(14(23)19-4)10(3)11(7-20-13)15(16,17)18/h7,9,22H,5-6,8H2,1-4H3,(H,19,23)/t9-/m0/s1. The van der Waals surface area contributed by atoms with Crippen molar-refractivity contribution in [2.75, 3.05) is 25.1 Å². The molecule has 0 aliphatic rings. The van der Waals surface area contributed by atoms with E-state index in [9.17, 15) is 23.1 Å². The summed E-state index contributed by atoms with van der Waals surface area (Å²) in [6, 6.07) is -0.373. The van der Waals surface area contributed by atoms with Gasteiger partial charge in [0.25, 0.3) is 5.91 Å². The Kier molecular flexibility index (Phi) is 6.37. The van der Waals surface area contributed by atoms with Crippen LogP contribution in [0.4, 0.5) is 19.0 Å². The molecule has 0 saturated heterocycles. The average Bonchev–Trinajstić information content (AvgIpc) is 2.49. The minimum atomic E-state index is -4.59. The Labute approximate surface area is 133 Å². The van der Waals surface area contributed by atoms with E-state index in [1.807, 2.05) is 6.92 Å². The van der Waals surface area contributed by atoms with Crippen LogP contribution < -0.4 is 10.2 Å². The predicted octanol–water partition coefficient (Wildman–Crippen LogP) is 2.37. The maximum atomic E-state index is 13.1. The fourth-order valence-corrected chi connectivity index (χ4v) is 2.36. The lowest BCUT2D eigenvalue weighted by atomic mass is 10.0. The SMILES string of the molecule is CCCN(c1ncc(C(F)(F)F)c(C)c1C(=O)NC)[C@@H](C)CO. The van der Waals surface area contributed by atoms with E-state index in [0.29, 0.717) is 13.0 Å². The van der Waals surface area contributed by atoms with E-state index in [-0.39, 0.29) is 29.6 Å². The average molecular weight is 333 g/mol. The van der Waals surface area contributed by atoms with E-state index >= 15 is 0 Å². The van der Waals surface area contributed by atoms with Crippen LogP contribution in [0, 0.1) is 6.92 Å². The normalized spacial score (nSPS) is 12.9. The molecular formula is C15H22F3N3O2. The number of aliphatic hydroxyl groups is 1. The summed E-state index contributed by atoms with van der Waals surface area (Å²) in [5.41, 5.74) is -1.22. The van der Waals surface area contributed by atoms with Gasteiger partial charge in [0, 0.05) is 19.8 Å². The Balaban J connectivity index is 3.59. The third-order valence-electron chi connectivity index (χ3n) is 3.61. The molecule has 0 radical (unpaired) electrons. The molecule has 1 aromatic heterocycles. The quantitative estimate of drug-likeness (QED) is 0.839. The molecule has 1 aromatic rings. The molecule has 1 atom stereocenters. The number of hydrogen-bond acceptors (Lipinski definition) is 4. The number of aliphatic hydroxyl groups excluding tert-OH is 1. The molecule has 0 unspecified atom stereocenters. The second-order valence-corrected chi connectivity index (χ2v) is 5.30. The molecule has 1 rings (SSSR count). The van der Waals surface area contributed by atoms with Crippen molar-refractivity contribution in [3.63, 3.8) is 0 Å². The van der Waals surface area contributed by atoms with Gasteiger partial charge in [-0.25, -0.2) is 4.98 Å². The summed E-state index contributed by atoms with van der Waals surface area (Å²) in [5.74, 6) is -0.486. The number of aromatic nitrogens is 1. The Bertz CT molecular complexity index is 562. The molecule has 0 saturated carbocycles. The molecule has 1 amide bonds. The van der Waals surface area contributed by atoms with E-state index in [1.54, 1.807) is 11.8 Å². The van der Waals surface area contributed by atoms with Crippen molar-refractivity contribution in [2.45, 2.75) is 39.4 Å². The topological polar surface area (TPSA) is 65.5 Å². The van der Waals surface area contributed by atoms with E-state index < -0.39 is 17.6 Å². The number of carbonyl (C=O) groups is 1. The number of amides is 1. The van der Waals surface area contributed by atoms with Gasteiger partial charge in [-0.2, -0.15) is 13.2 Å². The largest absolute Gasteiger partial charge is 0.418 e. The summed E-state index contributed by atoms with van der Waals surface area (Å²) in [6.07, 6.45) is -3.15. The third kappa shape index (κ3) is 4.13. The minimum absolute atomic E-state index is 0.115. The molecule has 8 heteroatoms. The van der Waals surface area contributed by atoms with Gasteiger partial charge in [-0.15, -0.1) is 0 Å². The van der Waals surface area contributed by atoms with Crippen LogP contribution in [-0.2, 0) is 6.18 Å². The molecular weight excluding hydrogens is 311 g/mol. The van der Waals surface area contributed by atoms with Gasteiger partial charge in [-0.05, 0) is 25.8 Å². The van der Waals surface area contributed by atoms with Crippen molar-refractivity contribution in [3.8, 4) is 0 Å². The molecule has 130 valence electrons. The van der Waals surface area contributed by atoms with Crippen LogP contribution in [0.1, 0.15) is 41.8 Å². The Morgan fingerprint density at radius 1 is 1.48 bits per heavy atom. The molecule has 0 bridgehead atoms. The number of pyridine rings is 1. The number of halogens is 3. The fourth-order valence-electron chi connectivity index (χ4n) is 2.36. The highest BCUT2D eigenvalue weighted by Crippen LogP contribution is 2.35. The molecule has 2 N–H and O–H groups in total. The zero-order valence-electron chi connectivity index (χ0n) is 13.7. The number of anilines is 1. The summed E-state index contributed by atoms with van der Waals surface area (Å²) >= 11 is 0. The minimum Gasteiger partial charge on any atom is -0.394 e. The van der Waals surface area contributed by atoms with Gasteiger partial charge in [0.1, 0.15) is 5.82 Å². The van der Waals surface area contributed by atoms with Gasteiger partial charge < -0.3 is 15.3 Å². The molecule has 5 nitrogen and oxygen atoms in total. The Hall–Kier alpha value is -1.83. The molecule has 23 heavy (non-hydrogen) atoms. The number of alkyl halides is 3. The summed E-state index contributed by atoms with van der Waals surface area (Å²) in [6.45, 7) is 5.14. The van der Waals surface area contributed by atoms with Crippen LogP contribution in [0.2, 0.25) is 0 Å². The predicted molar refractivity (Wildman–Crippen MR) is 81.6 cm³/mol. The third-order valence-corrected chi connectivity index (χ3v) is 3.61. The van der Waals surface area contributed by atoms with Crippen molar-refractivity contribution in [3.05, 3.63) is 22.9 Å². The van der Waals surface area contributed by atoms with Gasteiger partial charge in [0.05, 0.1) is 23.8 Å². The fraction of sp³-hybridized carbons (Fsp3) is 0.600. The molecule has 0 spiro atoms. The van der Waals surface area contributed by atoms with Crippen molar-refractivity contribution in [2.24, 2.45) is 0 Å². The summed E-state index contributed by atoms with van der Waals surface area (Å²) in [5, 5.41) is 11.7. The number of nitrogens with one attached hydrogen (secondary N) is 1. The van der Waals surface area contributed by atoms with Gasteiger partial charge in [0.15, 0.2) is 0 Å². The monoisotopic (exact) mass is 333 g/mol. The van der Waals surface area contributed by atoms with E-state index in [0.717, 1.165) is 6.20 Å². The van der Waals surface area contributed by atoms with Crippen LogP contribution in [0.25, 0.3) is 0 Å². The van der Waals surface area contributed by atoms with Crippen molar-refractivity contribution >= 4 is 11.7 Å². The number of rotatable bonds is 6. The van der Waals surface area contributed by atoms with Crippen LogP contribution in [-0.4, -0.2) is 42.2 Å². The number of carbonyl (C=O) groups excluding carboxylic acids is 1. The van der Waals surface area contributed by atoms with Crippen molar-refractivity contribution in [1.82, 2.24) is 10.3 Å². The highest BCUT2D eigenvalue weighted by molar-refractivity contribution is 6.00. The first kappa shape index (κ1) is 19.2. The summed E-state index contributed by atoms with van der Waals surface area (Å²) in [7, 11) is 1.35. The molecule has 0 aliphatic heterocycles. The second-order valence-electron chi connectivity index (χ2n) is 5.30. The van der Waals surface area contributed by atoms with Crippen molar-refractivity contribution < 1.29 is 23.1 Å². The van der Waals surface area contributed by atoms with Crippen molar-refractivity contribution in [1.29, 1.82) is 0 Å². The van der Waals surface area contributed by atoms with E-state index in [2.05, 4.69) is 10.3 Å². The highest BCUT2D eigenvalue weighted by Gasteiger charge is 2.36. The smallest absolute Gasteiger partial charge is 0.394 e. The Morgan fingerprint density at radius 3 is 2.52 bits per heavy atom. The maximum Gasteiger partial charge on any atom is 0.418 e. The van der Waals surface area contributed by atoms with Gasteiger partial charge in [-0.3, -0.25) is 4.79 Å². The molecule has 0 fully saturated rings. The van der Waals surface area contributed by atoms with Gasteiger partial charge in [-0.1, -0.05) is 6.92 Å². The van der Waals surface area contributed by atoms with Crippen LogP contribution in [0.5, 0.6) is 0 Å². The van der Waals surface area contributed by atoms with E-state index in [1.165, 1.54) is 14.0 Å². The Morgan fingerprint density at radius 2 is 2.09 bits per heavy atom. The zero-order valence-corrected chi connectivity index (χ0v) is 13.7. The lowest BCUT2D eigenvalue weighted by Gasteiger charge is -2.31. The number of hydrogen-bond donors (Lipinski definition) is 2. The number of nitrogens with zero attached hydrogens (tertiary/aromatic N) is 2. The van der Waals surface area contributed by atoms with Crippen LogP contribution in [0.3, 0.4) is 0 Å². The van der Waals surface area contributed by atoms with Gasteiger partial charge >= 0.3 is 6.18 Å². The summed E-state index contributed by atoms with van der Waals surface area (Å²) in [4.78, 5) is 17.7. The molecule has 0 aromatic carbocycles. The first-order chi connectivity index (χ1) is 10.7.